The Morgan fingerprint density at radius 3 is 2.37 bits per heavy atom. The summed E-state index contributed by atoms with van der Waals surface area (Å²) in [6.45, 7) is 0.646. The maximum Gasteiger partial charge on any atom is 0.189 e. The molecular formula is C22H30O5. The molecule has 5 rings (SSSR count). The molecule has 0 heterocycles. The van der Waals surface area contributed by atoms with Crippen molar-refractivity contribution >= 4 is 5.78 Å². The SMILES string of the molecule is COCCOCOc1cc(C(=O)CO)ccc1C12CC3CC(CC(C3)C1)C2. The second-order valence-corrected chi connectivity index (χ2v) is 8.65. The van der Waals surface area contributed by atoms with Gasteiger partial charge in [0.1, 0.15) is 12.4 Å². The number of aliphatic hydroxyl groups excluding tert-OH is 1. The number of hydrogen-bond acceptors (Lipinski definition) is 5. The Labute approximate surface area is 161 Å². The largest absolute Gasteiger partial charge is 0.467 e. The van der Waals surface area contributed by atoms with Crippen LogP contribution in [0.4, 0.5) is 0 Å². The number of aliphatic hydroxyl groups is 1. The number of carbonyl (C=O) groups excluding carboxylic acids is 1. The molecule has 4 bridgehead atoms. The van der Waals surface area contributed by atoms with Crippen molar-refractivity contribution in [3.8, 4) is 5.75 Å². The van der Waals surface area contributed by atoms with E-state index < -0.39 is 6.61 Å². The van der Waals surface area contributed by atoms with E-state index in [-0.39, 0.29) is 18.0 Å². The summed E-state index contributed by atoms with van der Waals surface area (Å²) in [5.41, 5.74) is 1.90. The van der Waals surface area contributed by atoms with Crippen LogP contribution in [-0.4, -0.2) is 44.6 Å². The van der Waals surface area contributed by atoms with E-state index in [0.717, 1.165) is 23.5 Å². The van der Waals surface area contributed by atoms with Crippen molar-refractivity contribution in [2.75, 3.05) is 33.7 Å². The predicted octanol–water partition coefficient (Wildman–Crippen LogP) is 3.33. The lowest BCUT2D eigenvalue weighted by Gasteiger charge is -2.57. The molecule has 0 aromatic heterocycles. The second kappa shape index (κ2) is 7.90. The van der Waals surface area contributed by atoms with Crippen molar-refractivity contribution in [1.29, 1.82) is 0 Å². The molecule has 0 aliphatic heterocycles. The van der Waals surface area contributed by atoms with Crippen molar-refractivity contribution in [3.05, 3.63) is 29.3 Å². The summed E-state index contributed by atoms with van der Waals surface area (Å²) in [5.74, 6) is 2.97. The maximum absolute atomic E-state index is 12.0. The van der Waals surface area contributed by atoms with Gasteiger partial charge in [0.2, 0.25) is 0 Å². The van der Waals surface area contributed by atoms with Gasteiger partial charge in [-0.25, -0.2) is 0 Å². The standard InChI is InChI=1S/C22H30O5/c1-25-4-5-26-14-27-21-9-18(20(24)13-23)2-3-19(21)22-10-15-6-16(11-22)8-17(7-15)12-22/h2-3,9,15-17,23H,4-8,10-14H2,1H3. The monoisotopic (exact) mass is 374 g/mol. The maximum atomic E-state index is 12.0. The van der Waals surface area contributed by atoms with Crippen LogP contribution >= 0.6 is 0 Å². The number of Topliss-reactive ketones (excluding diaryl/α,β-unsaturated/α-hetero) is 1. The molecule has 0 amide bonds. The summed E-state index contributed by atoms with van der Waals surface area (Å²) in [5, 5.41) is 9.22. The number of methoxy groups -OCH3 is 1. The zero-order valence-electron chi connectivity index (χ0n) is 16.1. The smallest absolute Gasteiger partial charge is 0.189 e. The molecule has 4 aliphatic carbocycles. The van der Waals surface area contributed by atoms with E-state index in [0.29, 0.717) is 18.8 Å². The van der Waals surface area contributed by atoms with Gasteiger partial charge in [-0.15, -0.1) is 0 Å². The molecule has 4 aliphatic rings. The fourth-order valence-electron chi connectivity index (χ4n) is 6.09. The minimum atomic E-state index is -0.486. The van der Waals surface area contributed by atoms with Crippen molar-refractivity contribution in [3.63, 3.8) is 0 Å². The highest BCUT2D eigenvalue weighted by atomic mass is 16.7. The summed E-state index contributed by atoms with van der Waals surface area (Å²) < 4.78 is 16.5. The molecule has 148 valence electrons. The number of rotatable bonds is 9. The van der Waals surface area contributed by atoms with E-state index in [1.54, 1.807) is 13.2 Å². The van der Waals surface area contributed by atoms with Gasteiger partial charge in [0, 0.05) is 18.2 Å². The quantitative estimate of drug-likeness (QED) is 0.408. The van der Waals surface area contributed by atoms with Gasteiger partial charge in [-0.3, -0.25) is 4.79 Å². The van der Waals surface area contributed by atoms with Gasteiger partial charge >= 0.3 is 0 Å². The minimum Gasteiger partial charge on any atom is -0.467 e. The van der Waals surface area contributed by atoms with Crippen LogP contribution in [0.25, 0.3) is 0 Å². The molecule has 4 saturated carbocycles. The van der Waals surface area contributed by atoms with Gasteiger partial charge in [-0.2, -0.15) is 0 Å². The molecule has 0 unspecified atom stereocenters. The normalized spacial score (nSPS) is 31.3. The lowest BCUT2D eigenvalue weighted by molar-refractivity contribution is -0.0190. The van der Waals surface area contributed by atoms with Crippen LogP contribution in [0.15, 0.2) is 18.2 Å². The molecule has 1 aromatic rings. The topological polar surface area (TPSA) is 65.0 Å². The summed E-state index contributed by atoms with van der Waals surface area (Å²) in [4.78, 5) is 12.0. The molecule has 1 N–H and O–H groups in total. The third kappa shape index (κ3) is 3.78. The summed E-state index contributed by atoms with van der Waals surface area (Å²) >= 11 is 0. The van der Waals surface area contributed by atoms with Gasteiger partial charge in [0.05, 0.1) is 13.2 Å². The van der Waals surface area contributed by atoms with Crippen LogP contribution in [0.1, 0.15) is 54.4 Å². The molecule has 5 heteroatoms. The number of hydrogen-bond donors (Lipinski definition) is 1. The highest BCUT2D eigenvalue weighted by Crippen LogP contribution is 2.61. The number of ether oxygens (including phenoxy) is 3. The highest BCUT2D eigenvalue weighted by Gasteiger charge is 2.52. The highest BCUT2D eigenvalue weighted by molar-refractivity contribution is 5.97. The Bertz CT molecular complexity index is 648. The van der Waals surface area contributed by atoms with Gasteiger partial charge < -0.3 is 19.3 Å². The van der Waals surface area contributed by atoms with Gasteiger partial charge in [0.25, 0.3) is 0 Å². The first-order valence-corrected chi connectivity index (χ1v) is 10.1. The Kier molecular flexibility index (Phi) is 5.53. The van der Waals surface area contributed by atoms with Crippen molar-refractivity contribution in [2.45, 2.75) is 43.9 Å². The minimum absolute atomic E-state index is 0.138. The van der Waals surface area contributed by atoms with E-state index in [1.807, 2.05) is 6.07 Å². The third-order valence-corrected chi connectivity index (χ3v) is 6.79. The summed E-state index contributed by atoms with van der Waals surface area (Å²) in [6.07, 6.45) is 7.84. The van der Waals surface area contributed by atoms with Gasteiger partial charge in [-0.1, -0.05) is 12.1 Å². The van der Waals surface area contributed by atoms with Crippen LogP contribution in [0.5, 0.6) is 5.75 Å². The third-order valence-electron chi connectivity index (χ3n) is 6.79. The Hall–Kier alpha value is -1.43. The molecule has 0 atom stereocenters. The van der Waals surface area contributed by atoms with E-state index in [1.165, 1.54) is 44.1 Å². The number of ketones is 1. The Morgan fingerprint density at radius 2 is 1.78 bits per heavy atom. The summed E-state index contributed by atoms with van der Waals surface area (Å²) in [6, 6.07) is 5.72. The first-order valence-electron chi connectivity index (χ1n) is 10.1. The average Bonchev–Trinajstić information content (AvgIpc) is 2.66. The van der Waals surface area contributed by atoms with Gasteiger partial charge in [0.15, 0.2) is 12.6 Å². The average molecular weight is 374 g/mol. The molecular weight excluding hydrogens is 344 g/mol. The first-order chi connectivity index (χ1) is 13.1. The second-order valence-electron chi connectivity index (χ2n) is 8.65. The van der Waals surface area contributed by atoms with Crippen molar-refractivity contribution < 1.29 is 24.1 Å². The van der Waals surface area contributed by atoms with Crippen molar-refractivity contribution in [2.24, 2.45) is 17.8 Å². The molecule has 0 saturated heterocycles. The zero-order chi connectivity index (χ0) is 18.9. The van der Waals surface area contributed by atoms with Crippen LogP contribution in [0, 0.1) is 17.8 Å². The first kappa shape index (κ1) is 18.9. The summed E-state index contributed by atoms with van der Waals surface area (Å²) in [7, 11) is 1.64. The Balaban J connectivity index is 1.60. The van der Waals surface area contributed by atoms with Crippen LogP contribution in [0.3, 0.4) is 0 Å². The van der Waals surface area contributed by atoms with Crippen LogP contribution in [-0.2, 0) is 14.9 Å². The predicted molar refractivity (Wildman–Crippen MR) is 101 cm³/mol. The molecule has 27 heavy (non-hydrogen) atoms. The molecule has 0 spiro atoms. The van der Waals surface area contributed by atoms with E-state index in [2.05, 4.69) is 6.07 Å². The van der Waals surface area contributed by atoms with Crippen LogP contribution < -0.4 is 4.74 Å². The lowest BCUT2D eigenvalue weighted by atomic mass is 9.48. The fraction of sp³-hybridized carbons (Fsp3) is 0.682. The van der Waals surface area contributed by atoms with E-state index >= 15 is 0 Å². The number of benzene rings is 1. The van der Waals surface area contributed by atoms with Gasteiger partial charge in [-0.05, 0) is 67.8 Å². The number of carbonyl (C=O) groups is 1. The zero-order valence-corrected chi connectivity index (χ0v) is 16.1. The molecule has 1 aromatic carbocycles. The molecule has 0 radical (unpaired) electrons. The van der Waals surface area contributed by atoms with E-state index in [4.69, 9.17) is 14.2 Å². The lowest BCUT2D eigenvalue weighted by Crippen LogP contribution is -2.48. The van der Waals surface area contributed by atoms with E-state index in [9.17, 15) is 9.90 Å². The van der Waals surface area contributed by atoms with Crippen molar-refractivity contribution in [1.82, 2.24) is 0 Å². The van der Waals surface area contributed by atoms with Crippen LogP contribution in [0.2, 0.25) is 0 Å². The molecule has 4 fully saturated rings. The fourth-order valence-corrected chi connectivity index (χ4v) is 6.09. The Morgan fingerprint density at radius 1 is 1.11 bits per heavy atom. The molecule has 5 nitrogen and oxygen atoms in total.